The zero-order valence-electron chi connectivity index (χ0n) is 11.5. The molecule has 0 saturated carbocycles. The van der Waals surface area contributed by atoms with Crippen LogP contribution in [0.5, 0.6) is 5.75 Å². The number of methoxy groups -OCH3 is 1. The van der Waals surface area contributed by atoms with Crippen molar-refractivity contribution < 1.29 is 13.9 Å². The minimum atomic E-state index is -0.847. The highest BCUT2D eigenvalue weighted by molar-refractivity contribution is 5.96. The van der Waals surface area contributed by atoms with E-state index >= 15 is 0 Å². The number of benzene rings is 1. The molecule has 3 N–H and O–H groups in total. The van der Waals surface area contributed by atoms with Crippen LogP contribution in [0.2, 0.25) is 0 Å². The number of nitrogens with zero attached hydrogens (tertiary/aromatic N) is 1. The van der Waals surface area contributed by atoms with Gasteiger partial charge in [0.2, 0.25) is 0 Å². The second-order valence-corrected chi connectivity index (χ2v) is 4.28. The van der Waals surface area contributed by atoms with Crippen LogP contribution in [0.3, 0.4) is 0 Å². The number of carbonyl (C=O) groups excluding carboxylic acids is 1. The summed E-state index contributed by atoms with van der Waals surface area (Å²) < 4.78 is 10.2. The minimum Gasteiger partial charge on any atom is -0.497 e. The summed E-state index contributed by atoms with van der Waals surface area (Å²) in [5.41, 5.74) is 6.70. The summed E-state index contributed by atoms with van der Waals surface area (Å²) in [5, 5.41) is 11.7. The second kappa shape index (κ2) is 6.59. The van der Waals surface area contributed by atoms with Gasteiger partial charge in [0.25, 0.3) is 5.91 Å². The first-order chi connectivity index (χ1) is 10.2. The number of amides is 1. The van der Waals surface area contributed by atoms with Crippen molar-refractivity contribution >= 4 is 5.91 Å². The number of furan rings is 1. The van der Waals surface area contributed by atoms with Gasteiger partial charge in [-0.2, -0.15) is 5.26 Å². The molecule has 6 heteroatoms. The van der Waals surface area contributed by atoms with E-state index in [4.69, 9.17) is 20.1 Å². The fourth-order valence-corrected chi connectivity index (χ4v) is 1.92. The Morgan fingerprint density at radius 2 is 2.33 bits per heavy atom. The molecule has 21 heavy (non-hydrogen) atoms. The Balaban J connectivity index is 2.22. The Bertz CT molecular complexity index is 659. The molecule has 108 valence electrons. The summed E-state index contributed by atoms with van der Waals surface area (Å²) in [6, 6.07) is 9.41. The molecule has 1 aromatic carbocycles. The Labute approximate surface area is 122 Å². The Hall–Kier alpha value is -2.78. The number of nitriles is 1. The molecule has 0 bridgehead atoms. The van der Waals surface area contributed by atoms with Crippen molar-refractivity contribution in [2.24, 2.45) is 5.73 Å². The third-order valence-electron chi connectivity index (χ3n) is 3.01. The van der Waals surface area contributed by atoms with Gasteiger partial charge >= 0.3 is 0 Å². The first kappa shape index (κ1) is 14.6. The van der Waals surface area contributed by atoms with E-state index in [0.29, 0.717) is 22.6 Å². The van der Waals surface area contributed by atoms with Gasteiger partial charge in [-0.25, -0.2) is 0 Å². The molecule has 0 fully saturated rings. The van der Waals surface area contributed by atoms with Crippen LogP contribution in [0, 0.1) is 11.3 Å². The molecule has 1 aromatic heterocycles. The van der Waals surface area contributed by atoms with Gasteiger partial charge < -0.3 is 20.2 Å². The van der Waals surface area contributed by atoms with Gasteiger partial charge in [-0.15, -0.1) is 0 Å². The van der Waals surface area contributed by atoms with E-state index in [1.54, 1.807) is 30.3 Å². The van der Waals surface area contributed by atoms with E-state index in [1.165, 1.54) is 13.4 Å². The molecule has 1 unspecified atom stereocenters. The van der Waals surface area contributed by atoms with Gasteiger partial charge in [-0.3, -0.25) is 4.79 Å². The van der Waals surface area contributed by atoms with Crippen LogP contribution in [-0.2, 0) is 6.54 Å². The number of hydrogen-bond acceptors (Lipinski definition) is 5. The highest BCUT2D eigenvalue weighted by Crippen LogP contribution is 2.19. The standard InChI is InChI=1S/C15H15N3O3/c1-20-11-4-5-12(10(7-11)8-16)15(19)18-13(9-17)14-3-2-6-21-14/h2-7,13H,8,16H2,1H3,(H,18,19). The van der Waals surface area contributed by atoms with Gasteiger partial charge in [0.15, 0.2) is 6.04 Å². The van der Waals surface area contributed by atoms with Gasteiger partial charge in [0.05, 0.1) is 19.4 Å². The van der Waals surface area contributed by atoms with Crippen LogP contribution in [0.4, 0.5) is 0 Å². The van der Waals surface area contributed by atoms with Crippen molar-refractivity contribution in [3.63, 3.8) is 0 Å². The molecule has 2 rings (SSSR count). The normalized spacial score (nSPS) is 11.5. The lowest BCUT2D eigenvalue weighted by Crippen LogP contribution is -2.28. The summed E-state index contributed by atoms with van der Waals surface area (Å²) in [5.74, 6) is 0.615. The lowest BCUT2D eigenvalue weighted by atomic mass is 10.1. The van der Waals surface area contributed by atoms with Crippen LogP contribution in [-0.4, -0.2) is 13.0 Å². The summed E-state index contributed by atoms with van der Waals surface area (Å²) in [6.07, 6.45) is 1.45. The number of rotatable bonds is 5. The van der Waals surface area contributed by atoms with Crippen LogP contribution in [0.1, 0.15) is 27.7 Å². The zero-order valence-corrected chi connectivity index (χ0v) is 11.5. The number of ether oxygens (including phenoxy) is 1. The highest BCUT2D eigenvalue weighted by Gasteiger charge is 2.19. The minimum absolute atomic E-state index is 0.192. The topological polar surface area (TPSA) is 101 Å². The van der Waals surface area contributed by atoms with E-state index in [0.717, 1.165) is 0 Å². The molecule has 1 atom stereocenters. The van der Waals surface area contributed by atoms with Crippen LogP contribution >= 0.6 is 0 Å². The van der Waals surface area contributed by atoms with Crippen molar-refractivity contribution in [2.45, 2.75) is 12.6 Å². The molecule has 1 heterocycles. The van der Waals surface area contributed by atoms with Crippen molar-refractivity contribution in [1.29, 1.82) is 5.26 Å². The largest absolute Gasteiger partial charge is 0.497 e. The second-order valence-electron chi connectivity index (χ2n) is 4.28. The lowest BCUT2D eigenvalue weighted by molar-refractivity contribution is 0.0940. The smallest absolute Gasteiger partial charge is 0.252 e. The summed E-state index contributed by atoms with van der Waals surface area (Å²) in [7, 11) is 1.54. The third-order valence-corrected chi connectivity index (χ3v) is 3.01. The fraction of sp³-hybridized carbons (Fsp3) is 0.200. The Morgan fingerprint density at radius 1 is 1.52 bits per heavy atom. The molecule has 0 radical (unpaired) electrons. The van der Waals surface area contributed by atoms with E-state index in [-0.39, 0.29) is 12.5 Å². The highest BCUT2D eigenvalue weighted by atomic mass is 16.5. The fourth-order valence-electron chi connectivity index (χ4n) is 1.92. The summed E-state index contributed by atoms with van der Waals surface area (Å²) in [6.45, 7) is 0.192. The molecule has 0 aliphatic heterocycles. The molecular formula is C15H15N3O3. The number of nitrogens with one attached hydrogen (secondary N) is 1. The first-order valence-electron chi connectivity index (χ1n) is 6.30. The maximum absolute atomic E-state index is 12.3. The predicted molar refractivity (Wildman–Crippen MR) is 75.4 cm³/mol. The predicted octanol–water partition coefficient (Wildman–Crippen LogP) is 1.74. The van der Waals surface area contributed by atoms with Crippen molar-refractivity contribution in [3.8, 4) is 11.8 Å². The molecular weight excluding hydrogens is 270 g/mol. The van der Waals surface area contributed by atoms with Gasteiger partial charge in [0, 0.05) is 12.1 Å². The molecule has 1 amide bonds. The Morgan fingerprint density at radius 3 is 2.90 bits per heavy atom. The Kier molecular flexibility index (Phi) is 4.59. The quantitative estimate of drug-likeness (QED) is 0.871. The van der Waals surface area contributed by atoms with E-state index in [9.17, 15) is 4.79 Å². The summed E-state index contributed by atoms with van der Waals surface area (Å²) >= 11 is 0. The monoisotopic (exact) mass is 285 g/mol. The van der Waals surface area contributed by atoms with Gasteiger partial charge in [-0.05, 0) is 35.9 Å². The average Bonchev–Trinajstić information content (AvgIpc) is 3.05. The SMILES string of the molecule is COc1ccc(C(=O)NC(C#N)c2ccco2)c(CN)c1. The van der Waals surface area contributed by atoms with E-state index < -0.39 is 6.04 Å². The maximum atomic E-state index is 12.3. The first-order valence-corrected chi connectivity index (χ1v) is 6.30. The average molecular weight is 285 g/mol. The van der Waals surface area contributed by atoms with E-state index in [1.807, 2.05) is 6.07 Å². The van der Waals surface area contributed by atoms with Crippen molar-refractivity contribution in [3.05, 3.63) is 53.5 Å². The van der Waals surface area contributed by atoms with Gasteiger partial charge in [0.1, 0.15) is 11.5 Å². The van der Waals surface area contributed by atoms with Crippen molar-refractivity contribution in [2.75, 3.05) is 7.11 Å². The van der Waals surface area contributed by atoms with Crippen LogP contribution in [0.15, 0.2) is 41.0 Å². The van der Waals surface area contributed by atoms with E-state index in [2.05, 4.69) is 5.32 Å². The molecule has 0 spiro atoms. The maximum Gasteiger partial charge on any atom is 0.252 e. The molecule has 0 saturated heterocycles. The zero-order chi connectivity index (χ0) is 15.2. The lowest BCUT2D eigenvalue weighted by Gasteiger charge is -2.12. The molecule has 0 aliphatic carbocycles. The summed E-state index contributed by atoms with van der Waals surface area (Å²) in [4.78, 5) is 12.3. The molecule has 2 aromatic rings. The molecule has 0 aliphatic rings. The third kappa shape index (κ3) is 3.22. The number of nitrogens with two attached hydrogens (primary N) is 1. The van der Waals surface area contributed by atoms with Gasteiger partial charge in [-0.1, -0.05) is 0 Å². The number of hydrogen-bond donors (Lipinski definition) is 2. The van der Waals surface area contributed by atoms with Crippen LogP contribution in [0.25, 0.3) is 0 Å². The molecule has 6 nitrogen and oxygen atoms in total. The van der Waals surface area contributed by atoms with Crippen molar-refractivity contribution in [1.82, 2.24) is 5.32 Å². The number of carbonyl (C=O) groups is 1. The van der Waals surface area contributed by atoms with Crippen LogP contribution < -0.4 is 15.8 Å².